The zero-order valence-electron chi connectivity index (χ0n) is 7.16. The van der Waals surface area contributed by atoms with Crippen LogP contribution in [0.15, 0.2) is 53.9 Å². The van der Waals surface area contributed by atoms with E-state index in [0.29, 0.717) is 0 Å². The van der Waals surface area contributed by atoms with Crippen molar-refractivity contribution in [2.24, 2.45) is 0 Å². The van der Waals surface area contributed by atoms with E-state index in [2.05, 4.69) is 54.5 Å². The van der Waals surface area contributed by atoms with E-state index >= 15 is 0 Å². The van der Waals surface area contributed by atoms with Crippen molar-refractivity contribution in [3.05, 3.63) is 54.5 Å². The molecule has 0 unspecified atom stereocenters. The predicted octanol–water partition coefficient (Wildman–Crippen LogP) is 3.88. The third-order valence-corrected chi connectivity index (χ3v) is 2.65. The van der Waals surface area contributed by atoms with E-state index in [-0.39, 0.29) is 0 Å². The fourth-order valence-electron chi connectivity index (χ4n) is 1.36. The third kappa shape index (κ3) is 1.61. The Labute approximate surface area is 82.3 Å². The molecule has 0 N–H and O–H groups in total. The Kier molecular flexibility index (Phi) is 2.37. The molecule has 0 saturated carbocycles. The van der Waals surface area contributed by atoms with Crippen LogP contribution >= 0.6 is 11.8 Å². The quantitative estimate of drug-likeness (QED) is 0.640. The lowest BCUT2D eigenvalue weighted by Crippen LogP contribution is -1.74. The Balaban J connectivity index is 2.68. The summed E-state index contributed by atoms with van der Waals surface area (Å²) in [6.45, 7) is 3.60. The van der Waals surface area contributed by atoms with Gasteiger partial charge in [0.05, 0.1) is 0 Å². The molecule has 0 spiro atoms. The van der Waals surface area contributed by atoms with Crippen LogP contribution < -0.4 is 0 Å². The van der Waals surface area contributed by atoms with Crippen LogP contribution in [0.4, 0.5) is 0 Å². The highest BCUT2D eigenvalue weighted by atomic mass is 32.2. The molecule has 0 saturated heterocycles. The van der Waals surface area contributed by atoms with E-state index in [0.717, 1.165) is 0 Å². The Hall–Kier alpha value is -1.21. The average Bonchev–Trinajstić information content (AvgIpc) is 2.19. The summed E-state index contributed by atoms with van der Waals surface area (Å²) in [5.41, 5.74) is 0. The molecular formula is C12H9S. The molecule has 1 heteroatoms. The summed E-state index contributed by atoms with van der Waals surface area (Å²) < 4.78 is 0. The van der Waals surface area contributed by atoms with Crippen LogP contribution in [0.25, 0.3) is 10.8 Å². The van der Waals surface area contributed by atoms with Gasteiger partial charge in [-0.15, -0.1) is 0 Å². The molecule has 0 amide bonds. The molecule has 63 valence electrons. The molecule has 0 fully saturated rings. The van der Waals surface area contributed by atoms with E-state index in [1.54, 1.807) is 11.8 Å². The summed E-state index contributed by atoms with van der Waals surface area (Å²) in [5, 5.41) is 5.38. The first-order chi connectivity index (χ1) is 6.42. The van der Waals surface area contributed by atoms with Crippen LogP contribution in [-0.2, 0) is 0 Å². The number of hydrogen-bond acceptors (Lipinski definition) is 1. The van der Waals surface area contributed by atoms with E-state index in [1.807, 2.05) is 0 Å². The Bertz CT molecular complexity index is 427. The van der Waals surface area contributed by atoms with Crippen molar-refractivity contribution in [1.29, 1.82) is 0 Å². The first kappa shape index (κ1) is 8.39. The molecule has 2 rings (SSSR count). The van der Waals surface area contributed by atoms with Crippen molar-refractivity contribution in [3.8, 4) is 0 Å². The topological polar surface area (TPSA) is 0 Å². The van der Waals surface area contributed by atoms with Gasteiger partial charge in [0.15, 0.2) is 0 Å². The molecule has 0 nitrogen and oxygen atoms in total. The van der Waals surface area contributed by atoms with Gasteiger partial charge < -0.3 is 0 Å². The molecule has 0 atom stereocenters. The minimum absolute atomic E-state index is 1.22. The van der Waals surface area contributed by atoms with Crippen molar-refractivity contribution in [2.45, 2.75) is 4.90 Å². The summed E-state index contributed by atoms with van der Waals surface area (Å²) in [4.78, 5) is 1.22. The van der Waals surface area contributed by atoms with Gasteiger partial charge in [0, 0.05) is 10.3 Å². The zero-order valence-corrected chi connectivity index (χ0v) is 7.97. The first-order valence-corrected chi connectivity index (χ1v) is 4.90. The second-order valence-corrected chi connectivity index (χ2v) is 3.66. The standard InChI is InChI=1S/C12H9S/c1-2-13-12-9-5-7-10-6-3-4-8-11(10)12/h3-9H,1H2. The molecule has 2 aromatic rings. The summed E-state index contributed by atoms with van der Waals surface area (Å²) in [6, 6.07) is 14.6. The number of thioether (sulfide) groups is 1. The third-order valence-electron chi connectivity index (χ3n) is 1.93. The summed E-state index contributed by atoms with van der Waals surface area (Å²) in [6.07, 6.45) is 0. The van der Waals surface area contributed by atoms with Gasteiger partial charge in [-0.2, -0.15) is 0 Å². The molecule has 0 aliphatic rings. The van der Waals surface area contributed by atoms with Gasteiger partial charge in [0.2, 0.25) is 0 Å². The zero-order chi connectivity index (χ0) is 9.10. The number of hydrogen-bond donors (Lipinski definition) is 0. The molecule has 0 bridgehead atoms. The average molecular weight is 185 g/mol. The smallest absolute Gasteiger partial charge is 0.0201 e. The van der Waals surface area contributed by atoms with Gasteiger partial charge in [-0.05, 0) is 16.8 Å². The summed E-state index contributed by atoms with van der Waals surface area (Å²) in [7, 11) is 0. The van der Waals surface area contributed by atoms with E-state index in [9.17, 15) is 0 Å². The van der Waals surface area contributed by atoms with Crippen molar-refractivity contribution in [1.82, 2.24) is 0 Å². The van der Waals surface area contributed by atoms with Gasteiger partial charge in [0.1, 0.15) is 0 Å². The lowest BCUT2D eigenvalue weighted by Gasteiger charge is -2.01. The Morgan fingerprint density at radius 3 is 2.62 bits per heavy atom. The molecule has 0 heterocycles. The largest absolute Gasteiger partial charge is 0.0889 e. The van der Waals surface area contributed by atoms with Crippen LogP contribution in [0.2, 0.25) is 0 Å². The molecule has 1 radical (unpaired) electrons. The van der Waals surface area contributed by atoms with Gasteiger partial charge in [0.25, 0.3) is 0 Å². The SMILES string of the molecule is C=[C]Sc1cccc2ccccc12. The second-order valence-electron chi connectivity index (χ2n) is 2.72. The maximum absolute atomic E-state index is 3.60. The van der Waals surface area contributed by atoms with Crippen molar-refractivity contribution < 1.29 is 0 Å². The van der Waals surface area contributed by atoms with Crippen LogP contribution in [0.5, 0.6) is 0 Å². The normalized spacial score (nSPS) is 10.2. The molecule has 0 aliphatic heterocycles. The van der Waals surface area contributed by atoms with Crippen molar-refractivity contribution in [2.75, 3.05) is 0 Å². The minimum Gasteiger partial charge on any atom is -0.0889 e. The Morgan fingerprint density at radius 1 is 1.00 bits per heavy atom. The predicted molar refractivity (Wildman–Crippen MR) is 58.7 cm³/mol. The lowest BCUT2D eigenvalue weighted by atomic mass is 10.1. The highest BCUT2D eigenvalue weighted by Gasteiger charge is 1.97. The van der Waals surface area contributed by atoms with E-state index in [4.69, 9.17) is 0 Å². The van der Waals surface area contributed by atoms with E-state index in [1.165, 1.54) is 15.7 Å². The first-order valence-electron chi connectivity index (χ1n) is 4.08. The monoisotopic (exact) mass is 185 g/mol. The highest BCUT2D eigenvalue weighted by molar-refractivity contribution is 8.01. The molecule has 2 aromatic carbocycles. The number of rotatable bonds is 2. The lowest BCUT2D eigenvalue weighted by molar-refractivity contribution is 1.55. The van der Waals surface area contributed by atoms with Gasteiger partial charge >= 0.3 is 0 Å². The van der Waals surface area contributed by atoms with Crippen molar-refractivity contribution in [3.63, 3.8) is 0 Å². The fourth-order valence-corrected chi connectivity index (χ4v) is 1.96. The highest BCUT2D eigenvalue weighted by Crippen LogP contribution is 2.27. The molecule has 0 aromatic heterocycles. The van der Waals surface area contributed by atoms with Crippen LogP contribution in [0.3, 0.4) is 0 Å². The summed E-state index contributed by atoms with van der Waals surface area (Å²) >= 11 is 1.54. The van der Waals surface area contributed by atoms with Gasteiger partial charge in [-0.1, -0.05) is 54.7 Å². The Morgan fingerprint density at radius 2 is 1.77 bits per heavy atom. The maximum Gasteiger partial charge on any atom is 0.0201 e. The van der Waals surface area contributed by atoms with Crippen LogP contribution in [0.1, 0.15) is 0 Å². The minimum atomic E-state index is 1.22. The maximum atomic E-state index is 3.60. The molecule has 0 aliphatic carbocycles. The molecule has 13 heavy (non-hydrogen) atoms. The van der Waals surface area contributed by atoms with Crippen molar-refractivity contribution >= 4 is 22.5 Å². The van der Waals surface area contributed by atoms with Gasteiger partial charge in [-0.25, -0.2) is 0 Å². The number of benzene rings is 2. The number of fused-ring (bicyclic) bond motifs is 1. The second kappa shape index (κ2) is 3.67. The summed E-state index contributed by atoms with van der Waals surface area (Å²) in [5.74, 6) is 0. The van der Waals surface area contributed by atoms with Crippen LogP contribution in [0, 0.1) is 5.41 Å². The van der Waals surface area contributed by atoms with Gasteiger partial charge in [-0.3, -0.25) is 0 Å². The van der Waals surface area contributed by atoms with Crippen LogP contribution in [-0.4, -0.2) is 0 Å². The van der Waals surface area contributed by atoms with E-state index < -0.39 is 0 Å². The molecular weight excluding hydrogens is 176 g/mol. The fraction of sp³-hybridized carbons (Fsp3) is 0.